The Morgan fingerprint density at radius 1 is 0.981 bits per heavy atom. The number of carbonyl (C=O) groups excluding carboxylic acids is 6. The molecule has 5 amide bonds. The van der Waals surface area contributed by atoms with Crippen molar-refractivity contribution in [1.29, 1.82) is 0 Å². The SMILES string of the molecule is CC(C)(O)c1cnnn1[C@H]1C[C@@H](C(=O)NC2(C(=O)C(N)=O)CCSCC2)N(C(=O)C(CC2CCCCC2)NC(=O)c2ccc(C(=O)N3CCCC3)cc2)C1. The van der Waals surface area contributed by atoms with E-state index >= 15 is 0 Å². The number of nitrogens with one attached hydrogen (secondary N) is 2. The van der Waals surface area contributed by atoms with Gasteiger partial charge in [0, 0.05) is 37.2 Å². The van der Waals surface area contributed by atoms with Crippen LogP contribution in [0.4, 0.5) is 0 Å². The first-order valence-corrected chi connectivity index (χ1v) is 20.3. The molecule has 1 saturated carbocycles. The third-order valence-corrected chi connectivity index (χ3v) is 12.4. The number of ketones is 1. The fourth-order valence-electron chi connectivity index (χ4n) is 8.40. The van der Waals surface area contributed by atoms with Gasteiger partial charge in [0.2, 0.25) is 17.6 Å². The van der Waals surface area contributed by atoms with Crippen LogP contribution in [-0.4, -0.2) is 114 Å². The highest BCUT2D eigenvalue weighted by Crippen LogP contribution is 2.35. The summed E-state index contributed by atoms with van der Waals surface area (Å²) in [4.78, 5) is 84.6. The maximum atomic E-state index is 14.8. The molecule has 0 spiro atoms. The minimum Gasteiger partial charge on any atom is -0.384 e. The van der Waals surface area contributed by atoms with Crippen LogP contribution in [0, 0.1) is 5.92 Å². The van der Waals surface area contributed by atoms with E-state index in [9.17, 15) is 33.9 Å². The summed E-state index contributed by atoms with van der Waals surface area (Å²) in [5, 5.41) is 25.0. The number of Topliss-reactive ketones (excluding diaryl/α,β-unsaturated/α-hetero) is 1. The van der Waals surface area contributed by atoms with Crippen molar-refractivity contribution in [3.63, 3.8) is 0 Å². The molecule has 5 N–H and O–H groups in total. The van der Waals surface area contributed by atoms with Crippen LogP contribution in [-0.2, 0) is 24.8 Å². The van der Waals surface area contributed by atoms with E-state index in [1.165, 1.54) is 15.8 Å². The molecule has 4 aliphatic rings. The first-order chi connectivity index (χ1) is 25.8. The largest absolute Gasteiger partial charge is 0.384 e. The van der Waals surface area contributed by atoms with Crippen molar-refractivity contribution < 1.29 is 33.9 Å². The number of rotatable bonds is 12. The lowest BCUT2D eigenvalue weighted by Gasteiger charge is -2.37. The van der Waals surface area contributed by atoms with Gasteiger partial charge in [-0.1, -0.05) is 37.3 Å². The summed E-state index contributed by atoms with van der Waals surface area (Å²) >= 11 is 1.60. The van der Waals surface area contributed by atoms with Gasteiger partial charge in [0.15, 0.2) is 0 Å². The van der Waals surface area contributed by atoms with E-state index in [0.717, 1.165) is 44.9 Å². The van der Waals surface area contributed by atoms with Gasteiger partial charge in [0.25, 0.3) is 17.7 Å². The third kappa shape index (κ3) is 8.64. The van der Waals surface area contributed by atoms with E-state index in [0.29, 0.717) is 47.8 Å². The summed E-state index contributed by atoms with van der Waals surface area (Å²) in [5.41, 5.74) is 3.81. The second kappa shape index (κ2) is 16.6. The Kier molecular flexibility index (Phi) is 12.1. The Morgan fingerprint density at radius 3 is 2.26 bits per heavy atom. The molecule has 2 aromatic rings. The van der Waals surface area contributed by atoms with Crippen molar-refractivity contribution in [3.8, 4) is 0 Å². The minimum absolute atomic E-state index is 0.0142. The molecule has 4 fully saturated rings. The van der Waals surface area contributed by atoms with E-state index in [-0.39, 0.29) is 37.6 Å². The second-order valence-electron chi connectivity index (χ2n) is 15.7. The number of likely N-dealkylation sites (tertiary alicyclic amines) is 2. The van der Waals surface area contributed by atoms with Gasteiger partial charge in [-0.25, -0.2) is 4.68 Å². The molecule has 3 saturated heterocycles. The predicted octanol–water partition coefficient (Wildman–Crippen LogP) is 2.09. The first-order valence-electron chi connectivity index (χ1n) is 19.1. The number of benzene rings is 1. The number of aliphatic hydroxyl groups is 1. The van der Waals surface area contributed by atoms with E-state index in [2.05, 4.69) is 20.9 Å². The topological polar surface area (TPSA) is 210 Å². The summed E-state index contributed by atoms with van der Waals surface area (Å²) in [5.74, 6) is -2.41. The zero-order valence-electron chi connectivity index (χ0n) is 31.1. The average molecular weight is 765 g/mol. The number of hydrogen-bond donors (Lipinski definition) is 4. The van der Waals surface area contributed by atoms with Crippen molar-refractivity contribution >= 4 is 47.1 Å². The molecule has 0 radical (unpaired) electrons. The monoisotopic (exact) mass is 764 g/mol. The van der Waals surface area contributed by atoms with Gasteiger partial charge in [-0.2, -0.15) is 11.8 Å². The van der Waals surface area contributed by atoms with Crippen LogP contribution < -0.4 is 16.4 Å². The molecule has 3 aliphatic heterocycles. The molecule has 1 aromatic carbocycles. The van der Waals surface area contributed by atoms with Crippen LogP contribution >= 0.6 is 11.8 Å². The molecular formula is C38H52N8O7S. The maximum Gasteiger partial charge on any atom is 0.287 e. The Balaban J connectivity index is 1.29. The van der Waals surface area contributed by atoms with Gasteiger partial charge < -0.3 is 31.3 Å². The zero-order chi connectivity index (χ0) is 38.6. The Labute approximate surface area is 319 Å². The molecule has 16 heteroatoms. The second-order valence-corrected chi connectivity index (χ2v) is 17.0. The zero-order valence-corrected chi connectivity index (χ0v) is 31.9. The number of nitrogens with two attached hydrogens (primary N) is 1. The number of aromatic nitrogens is 3. The molecule has 1 unspecified atom stereocenters. The van der Waals surface area contributed by atoms with Crippen molar-refractivity contribution in [2.24, 2.45) is 11.7 Å². The number of thioether (sulfide) groups is 1. The Hall–Kier alpha value is -4.31. The van der Waals surface area contributed by atoms with Crippen molar-refractivity contribution in [3.05, 3.63) is 47.3 Å². The fraction of sp³-hybridized carbons (Fsp3) is 0.632. The molecule has 15 nitrogen and oxygen atoms in total. The summed E-state index contributed by atoms with van der Waals surface area (Å²) in [6.45, 7) is 4.62. The summed E-state index contributed by atoms with van der Waals surface area (Å²) in [6, 6.07) is 3.76. The summed E-state index contributed by atoms with van der Waals surface area (Å²) in [6.07, 6.45) is 9.19. The van der Waals surface area contributed by atoms with Gasteiger partial charge in [-0.15, -0.1) is 5.10 Å². The van der Waals surface area contributed by atoms with E-state index in [1.807, 2.05) is 0 Å². The lowest BCUT2D eigenvalue weighted by Crippen LogP contribution is -2.63. The predicted molar refractivity (Wildman–Crippen MR) is 200 cm³/mol. The van der Waals surface area contributed by atoms with Crippen LogP contribution in [0.25, 0.3) is 0 Å². The molecule has 0 bridgehead atoms. The number of carbonyl (C=O) groups is 6. The quantitative estimate of drug-likeness (QED) is 0.231. The van der Waals surface area contributed by atoms with E-state index in [1.54, 1.807) is 54.8 Å². The molecular weight excluding hydrogens is 713 g/mol. The van der Waals surface area contributed by atoms with E-state index < -0.39 is 58.7 Å². The van der Waals surface area contributed by atoms with Crippen LogP contribution in [0.3, 0.4) is 0 Å². The molecule has 1 aromatic heterocycles. The number of amides is 5. The number of nitrogens with zero attached hydrogens (tertiary/aromatic N) is 5. The molecule has 6 rings (SSSR count). The van der Waals surface area contributed by atoms with Gasteiger partial charge >= 0.3 is 0 Å². The van der Waals surface area contributed by atoms with E-state index in [4.69, 9.17) is 5.73 Å². The van der Waals surface area contributed by atoms with Crippen LogP contribution in [0.5, 0.6) is 0 Å². The number of hydrogen-bond acceptors (Lipinski definition) is 10. The maximum absolute atomic E-state index is 14.8. The molecule has 3 atom stereocenters. The Morgan fingerprint density at radius 2 is 1.63 bits per heavy atom. The summed E-state index contributed by atoms with van der Waals surface area (Å²) in [7, 11) is 0. The highest BCUT2D eigenvalue weighted by Gasteiger charge is 2.49. The van der Waals surface area contributed by atoms with Crippen molar-refractivity contribution in [2.75, 3.05) is 31.1 Å². The molecule has 4 heterocycles. The smallest absolute Gasteiger partial charge is 0.287 e. The van der Waals surface area contributed by atoms with Crippen molar-refractivity contribution in [1.82, 2.24) is 35.4 Å². The lowest BCUT2D eigenvalue weighted by molar-refractivity contribution is -0.145. The standard InChI is InChI=1S/C38H52N8O7S/c1-37(2,53)30-22-40-43-46(30)27-21-29(34(50)42-38(31(47)32(39)48)14-18-54-19-15-38)45(23-27)36(52)28(20-24-8-4-3-5-9-24)41-33(49)25-10-12-26(13-11-25)35(51)44-16-6-7-17-44/h10-13,22,24,27-29,53H,3-9,14-21,23H2,1-2H3,(H2,39,48)(H,41,49)(H,42,50)/t27-,28?,29-/m0/s1. The van der Waals surface area contributed by atoms with Gasteiger partial charge in [-0.05, 0) is 87.6 Å². The van der Waals surface area contributed by atoms with Crippen LogP contribution in [0.15, 0.2) is 30.5 Å². The van der Waals surface area contributed by atoms with Crippen molar-refractivity contribution in [2.45, 2.75) is 114 Å². The molecule has 292 valence electrons. The van der Waals surface area contributed by atoms with Crippen LogP contribution in [0.1, 0.15) is 117 Å². The highest BCUT2D eigenvalue weighted by molar-refractivity contribution is 7.99. The van der Waals surface area contributed by atoms with Gasteiger partial charge in [-0.3, -0.25) is 28.8 Å². The fourth-order valence-corrected chi connectivity index (χ4v) is 9.59. The minimum atomic E-state index is -1.50. The highest BCUT2D eigenvalue weighted by atomic mass is 32.2. The van der Waals surface area contributed by atoms with Crippen LogP contribution in [0.2, 0.25) is 0 Å². The van der Waals surface area contributed by atoms with Gasteiger partial charge in [0.1, 0.15) is 23.2 Å². The van der Waals surface area contributed by atoms with Gasteiger partial charge in [0.05, 0.1) is 17.9 Å². The average Bonchev–Trinajstić information content (AvgIpc) is 3.96. The Bertz CT molecular complexity index is 1720. The first kappa shape index (κ1) is 39.4. The third-order valence-electron chi connectivity index (χ3n) is 11.5. The lowest BCUT2D eigenvalue weighted by atomic mass is 9.84. The summed E-state index contributed by atoms with van der Waals surface area (Å²) < 4.78 is 1.52. The molecule has 54 heavy (non-hydrogen) atoms. The normalized spacial score (nSPS) is 22.4. The number of primary amides is 1. The molecule has 1 aliphatic carbocycles.